The number of hydrogen-bond donors (Lipinski definition) is 0. The van der Waals surface area contributed by atoms with Gasteiger partial charge >= 0.3 is 0 Å². The first-order valence-electron chi connectivity index (χ1n) is 6.86. The van der Waals surface area contributed by atoms with Crippen molar-refractivity contribution in [3.05, 3.63) is 70.4 Å². The predicted octanol–water partition coefficient (Wildman–Crippen LogP) is 4.06. The van der Waals surface area contributed by atoms with E-state index >= 15 is 0 Å². The summed E-state index contributed by atoms with van der Waals surface area (Å²) in [4.78, 5) is 19.7. The molecule has 0 amide bonds. The van der Waals surface area contributed by atoms with Crippen molar-refractivity contribution in [1.29, 1.82) is 0 Å². The first-order valence-corrected chi connectivity index (χ1v) is 7.74. The maximum Gasteiger partial charge on any atom is 0.278 e. The molecule has 2 heterocycles. The molecule has 23 heavy (non-hydrogen) atoms. The number of benzene rings is 2. The monoisotopic (exact) mass is 322 g/mol. The van der Waals surface area contributed by atoms with E-state index in [4.69, 9.17) is 0 Å². The molecule has 6 nitrogen and oxygen atoms in total. The molecule has 0 aliphatic carbocycles. The van der Waals surface area contributed by atoms with Gasteiger partial charge in [-0.2, -0.15) is 0 Å². The van der Waals surface area contributed by atoms with Crippen LogP contribution >= 0.6 is 11.3 Å². The SMILES string of the molecule is O=[N+]([O-])c1ccccc1-c1csc(-n2cnc3ccccc32)n1. The van der Waals surface area contributed by atoms with Gasteiger partial charge in [-0.1, -0.05) is 24.3 Å². The Bertz CT molecular complexity index is 1020. The number of fused-ring (bicyclic) bond motifs is 1. The molecule has 0 spiro atoms. The standard InChI is InChI=1S/C16H10N4O2S/c21-20(22)14-7-3-1-5-11(14)13-9-23-16(18-13)19-10-17-12-6-2-4-8-15(12)19/h1-10H. The van der Waals surface area contributed by atoms with Crippen molar-refractivity contribution >= 4 is 28.1 Å². The fourth-order valence-corrected chi connectivity index (χ4v) is 3.27. The van der Waals surface area contributed by atoms with Crippen LogP contribution in [0.3, 0.4) is 0 Å². The summed E-state index contributed by atoms with van der Waals surface area (Å²) in [6, 6.07) is 14.4. The Hall–Kier alpha value is -3.06. The van der Waals surface area contributed by atoms with E-state index in [1.165, 1.54) is 17.4 Å². The van der Waals surface area contributed by atoms with Crippen molar-refractivity contribution in [3.63, 3.8) is 0 Å². The van der Waals surface area contributed by atoms with Crippen molar-refractivity contribution in [1.82, 2.24) is 14.5 Å². The highest BCUT2D eigenvalue weighted by molar-refractivity contribution is 7.12. The molecule has 2 aromatic carbocycles. The number of nitrogens with zero attached hydrogens (tertiary/aromatic N) is 4. The van der Waals surface area contributed by atoms with Crippen molar-refractivity contribution in [2.24, 2.45) is 0 Å². The van der Waals surface area contributed by atoms with Gasteiger partial charge in [-0.3, -0.25) is 14.7 Å². The molecule has 0 aliphatic rings. The number of hydrogen-bond acceptors (Lipinski definition) is 5. The summed E-state index contributed by atoms with van der Waals surface area (Å²) in [6.07, 6.45) is 1.71. The molecule has 0 aliphatic heterocycles. The van der Waals surface area contributed by atoms with E-state index in [1.54, 1.807) is 24.5 Å². The van der Waals surface area contributed by atoms with Gasteiger partial charge in [-0.15, -0.1) is 11.3 Å². The van der Waals surface area contributed by atoms with Crippen LogP contribution in [-0.4, -0.2) is 19.5 Å². The second-order valence-corrected chi connectivity index (χ2v) is 5.73. The Morgan fingerprint density at radius 3 is 2.74 bits per heavy atom. The lowest BCUT2D eigenvalue weighted by Crippen LogP contribution is -1.93. The molecule has 0 saturated heterocycles. The first kappa shape index (κ1) is 13.6. The van der Waals surface area contributed by atoms with Gasteiger partial charge in [0.2, 0.25) is 0 Å². The average molecular weight is 322 g/mol. The predicted molar refractivity (Wildman–Crippen MR) is 88.8 cm³/mol. The van der Waals surface area contributed by atoms with Gasteiger partial charge in [0.25, 0.3) is 5.69 Å². The topological polar surface area (TPSA) is 73.8 Å². The number of nitro benzene ring substituents is 1. The molecule has 0 radical (unpaired) electrons. The van der Waals surface area contributed by atoms with Crippen LogP contribution in [0.4, 0.5) is 5.69 Å². The first-order chi connectivity index (χ1) is 11.2. The summed E-state index contributed by atoms with van der Waals surface area (Å²) in [5, 5.41) is 13.7. The van der Waals surface area contributed by atoms with E-state index in [0.29, 0.717) is 11.3 Å². The lowest BCUT2D eigenvalue weighted by Gasteiger charge is -2.00. The van der Waals surface area contributed by atoms with Gasteiger partial charge in [0.15, 0.2) is 5.13 Å². The fourth-order valence-electron chi connectivity index (χ4n) is 2.46. The fraction of sp³-hybridized carbons (Fsp3) is 0. The molecule has 0 N–H and O–H groups in total. The van der Waals surface area contributed by atoms with Crippen LogP contribution in [0.15, 0.2) is 60.2 Å². The van der Waals surface area contributed by atoms with Crippen LogP contribution in [0.1, 0.15) is 0 Å². The van der Waals surface area contributed by atoms with Crippen molar-refractivity contribution in [2.75, 3.05) is 0 Å². The normalized spacial score (nSPS) is 11.0. The van der Waals surface area contributed by atoms with Crippen LogP contribution in [0.5, 0.6) is 0 Å². The maximum absolute atomic E-state index is 11.2. The Morgan fingerprint density at radius 2 is 1.87 bits per heavy atom. The minimum atomic E-state index is -0.388. The largest absolute Gasteiger partial charge is 0.278 e. The van der Waals surface area contributed by atoms with Crippen LogP contribution in [0.25, 0.3) is 27.4 Å². The molecular weight excluding hydrogens is 312 g/mol. The Kier molecular flexibility index (Phi) is 3.13. The zero-order valence-electron chi connectivity index (χ0n) is 11.8. The maximum atomic E-state index is 11.2. The molecule has 4 rings (SSSR count). The summed E-state index contributed by atoms with van der Waals surface area (Å²) >= 11 is 1.43. The number of aromatic nitrogens is 3. The lowest BCUT2D eigenvalue weighted by atomic mass is 10.1. The second kappa shape index (κ2) is 5.29. The average Bonchev–Trinajstić information content (AvgIpc) is 3.21. The number of nitro groups is 1. The number of imidazole rings is 1. The molecule has 4 aromatic rings. The van der Waals surface area contributed by atoms with Crippen LogP contribution < -0.4 is 0 Å². The highest BCUT2D eigenvalue weighted by Gasteiger charge is 2.17. The summed E-state index contributed by atoms with van der Waals surface area (Å²) in [5.74, 6) is 0. The molecule has 0 saturated carbocycles. The van der Waals surface area contributed by atoms with Crippen LogP contribution in [-0.2, 0) is 0 Å². The smallest absolute Gasteiger partial charge is 0.274 e. The van der Waals surface area contributed by atoms with Gasteiger partial charge in [-0.25, -0.2) is 9.97 Å². The van der Waals surface area contributed by atoms with E-state index in [-0.39, 0.29) is 10.6 Å². The van der Waals surface area contributed by atoms with Crippen molar-refractivity contribution in [3.8, 4) is 16.4 Å². The highest BCUT2D eigenvalue weighted by Crippen LogP contribution is 2.32. The molecule has 0 atom stereocenters. The summed E-state index contributed by atoms with van der Waals surface area (Å²) in [6.45, 7) is 0. The van der Waals surface area contributed by atoms with E-state index in [2.05, 4.69) is 9.97 Å². The quantitative estimate of drug-likeness (QED) is 0.421. The summed E-state index contributed by atoms with van der Waals surface area (Å²) in [7, 11) is 0. The van der Waals surface area contributed by atoms with Gasteiger partial charge in [0, 0.05) is 11.4 Å². The van der Waals surface area contributed by atoms with Gasteiger partial charge in [-0.05, 0) is 18.2 Å². The van der Waals surface area contributed by atoms with Gasteiger partial charge in [0.05, 0.1) is 27.2 Å². The Balaban J connectivity index is 1.83. The van der Waals surface area contributed by atoms with E-state index < -0.39 is 0 Å². The van der Waals surface area contributed by atoms with Crippen molar-refractivity contribution in [2.45, 2.75) is 0 Å². The van der Waals surface area contributed by atoms with E-state index in [1.807, 2.05) is 34.2 Å². The number of para-hydroxylation sites is 3. The van der Waals surface area contributed by atoms with Crippen molar-refractivity contribution < 1.29 is 4.92 Å². The highest BCUT2D eigenvalue weighted by atomic mass is 32.1. The van der Waals surface area contributed by atoms with Crippen LogP contribution in [0.2, 0.25) is 0 Å². The summed E-state index contributed by atoms with van der Waals surface area (Å²) < 4.78 is 1.89. The molecule has 0 fully saturated rings. The lowest BCUT2D eigenvalue weighted by molar-refractivity contribution is -0.384. The third-order valence-electron chi connectivity index (χ3n) is 3.53. The van der Waals surface area contributed by atoms with E-state index in [9.17, 15) is 10.1 Å². The molecule has 2 aromatic heterocycles. The molecule has 7 heteroatoms. The second-order valence-electron chi connectivity index (χ2n) is 4.89. The van der Waals surface area contributed by atoms with E-state index in [0.717, 1.165) is 16.2 Å². The third-order valence-corrected chi connectivity index (χ3v) is 4.37. The van der Waals surface area contributed by atoms with Crippen LogP contribution in [0, 0.1) is 10.1 Å². The zero-order chi connectivity index (χ0) is 15.8. The summed E-state index contributed by atoms with van der Waals surface area (Å²) in [5.41, 5.74) is 3.00. The zero-order valence-corrected chi connectivity index (χ0v) is 12.6. The molecule has 0 bridgehead atoms. The molecule has 112 valence electrons. The molecule has 0 unspecified atom stereocenters. The third kappa shape index (κ3) is 2.27. The number of thiazole rings is 1. The Morgan fingerprint density at radius 1 is 1.09 bits per heavy atom. The van der Waals surface area contributed by atoms with Gasteiger partial charge in [0.1, 0.15) is 6.33 Å². The number of rotatable bonds is 3. The molecular formula is C16H10N4O2S. The Labute approximate surface area is 134 Å². The minimum absolute atomic E-state index is 0.0554. The van der Waals surface area contributed by atoms with Gasteiger partial charge < -0.3 is 0 Å². The minimum Gasteiger partial charge on any atom is -0.274 e.